The van der Waals surface area contributed by atoms with Gasteiger partial charge in [-0.15, -0.1) is 0 Å². The van der Waals surface area contributed by atoms with Crippen molar-refractivity contribution in [1.29, 1.82) is 0 Å². The standard InChI is InChI=1S/C17H26FNO/c1-16(2,3)12-17(4,5)19-15(20)11-10-13-8-6-7-9-14(13)18/h6-9H,10-12H2,1-5H3,(H,19,20). The van der Waals surface area contributed by atoms with Crippen molar-refractivity contribution in [2.45, 2.75) is 59.4 Å². The van der Waals surface area contributed by atoms with Crippen LogP contribution in [0.15, 0.2) is 24.3 Å². The van der Waals surface area contributed by atoms with E-state index in [1.807, 2.05) is 13.8 Å². The van der Waals surface area contributed by atoms with Crippen molar-refractivity contribution < 1.29 is 9.18 Å². The van der Waals surface area contributed by atoms with Crippen molar-refractivity contribution in [3.63, 3.8) is 0 Å². The maximum Gasteiger partial charge on any atom is 0.220 e. The minimum absolute atomic E-state index is 0.0255. The topological polar surface area (TPSA) is 29.1 Å². The summed E-state index contributed by atoms with van der Waals surface area (Å²) >= 11 is 0. The maximum atomic E-state index is 13.5. The van der Waals surface area contributed by atoms with E-state index in [1.54, 1.807) is 18.2 Å². The number of carbonyl (C=O) groups is 1. The highest BCUT2D eigenvalue weighted by Crippen LogP contribution is 2.26. The molecule has 0 aliphatic heterocycles. The zero-order valence-corrected chi connectivity index (χ0v) is 13.2. The van der Waals surface area contributed by atoms with Crippen molar-refractivity contribution in [2.24, 2.45) is 5.41 Å². The van der Waals surface area contributed by atoms with Crippen LogP contribution in [0, 0.1) is 11.2 Å². The smallest absolute Gasteiger partial charge is 0.220 e. The lowest BCUT2D eigenvalue weighted by Crippen LogP contribution is -2.45. The molecule has 0 aliphatic carbocycles. The number of carbonyl (C=O) groups excluding carboxylic acids is 1. The Hall–Kier alpha value is -1.38. The second-order valence-corrected chi connectivity index (χ2v) is 7.26. The van der Waals surface area contributed by atoms with Crippen LogP contribution in [-0.2, 0) is 11.2 Å². The van der Waals surface area contributed by atoms with Gasteiger partial charge in [0.25, 0.3) is 0 Å². The van der Waals surface area contributed by atoms with Crippen LogP contribution in [0.3, 0.4) is 0 Å². The first-order chi connectivity index (χ1) is 9.09. The van der Waals surface area contributed by atoms with E-state index in [-0.39, 0.29) is 22.7 Å². The molecule has 0 aliphatic rings. The summed E-state index contributed by atoms with van der Waals surface area (Å²) in [5, 5.41) is 3.04. The van der Waals surface area contributed by atoms with Gasteiger partial charge in [-0.2, -0.15) is 0 Å². The zero-order chi connectivity index (χ0) is 15.4. The van der Waals surface area contributed by atoms with Crippen LogP contribution in [0.2, 0.25) is 0 Å². The second-order valence-electron chi connectivity index (χ2n) is 7.26. The molecule has 20 heavy (non-hydrogen) atoms. The quantitative estimate of drug-likeness (QED) is 0.864. The molecule has 0 saturated carbocycles. The van der Waals surface area contributed by atoms with Crippen molar-refractivity contribution in [3.8, 4) is 0 Å². The van der Waals surface area contributed by atoms with Gasteiger partial charge in [0.05, 0.1) is 0 Å². The Morgan fingerprint density at radius 2 is 1.75 bits per heavy atom. The summed E-state index contributed by atoms with van der Waals surface area (Å²) in [5.74, 6) is -0.267. The van der Waals surface area contributed by atoms with Crippen molar-refractivity contribution in [3.05, 3.63) is 35.6 Å². The molecule has 3 heteroatoms. The minimum atomic E-state index is -0.245. The van der Waals surface area contributed by atoms with Crippen LogP contribution >= 0.6 is 0 Å². The summed E-state index contributed by atoms with van der Waals surface area (Å²) < 4.78 is 13.5. The molecule has 1 amide bonds. The van der Waals surface area contributed by atoms with Gasteiger partial charge in [-0.1, -0.05) is 39.0 Å². The molecule has 0 atom stereocenters. The van der Waals surface area contributed by atoms with Gasteiger partial charge < -0.3 is 5.32 Å². The number of hydrogen-bond donors (Lipinski definition) is 1. The average Bonchev–Trinajstić information content (AvgIpc) is 2.23. The highest BCUT2D eigenvalue weighted by molar-refractivity contribution is 5.77. The molecular formula is C17H26FNO. The van der Waals surface area contributed by atoms with Crippen LogP contribution in [0.1, 0.15) is 53.0 Å². The number of nitrogens with one attached hydrogen (secondary N) is 1. The molecule has 0 heterocycles. The third-order valence-electron chi connectivity index (χ3n) is 3.03. The van der Waals surface area contributed by atoms with E-state index in [4.69, 9.17) is 0 Å². The fourth-order valence-corrected chi connectivity index (χ4v) is 2.76. The zero-order valence-electron chi connectivity index (χ0n) is 13.2. The number of amides is 1. The van der Waals surface area contributed by atoms with Gasteiger partial charge in [-0.05, 0) is 43.7 Å². The first-order valence-corrected chi connectivity index (χ1v) is 7.13. The van der Waals surface area contributed by atoms with Gasteiger partial charge in [-0.25, -0.2) is 4.39 Å². The highest BCUT2D eigenvalue weighted by atomic mass is 19.1. The molecule has 0 spiro atoms. The number of aryl methyl sites for hydroxylation is 1. The molecule has 0 fully saturated rings. The number of benzene rings is 1. The van der Waals surface area contributed by atoms with E-state index in [0.717, 1.165) is 6.42 Å². The van der Waals surface area contributed by atoms with Gasteiger partial charge in [0.2, 0.25) is 5.91 Å². The second kappa shape index (κ2) is 6.38. The van der Waals surface area contributed by atoms with Crippen LogP contribution < -0.4 is 5.32 Å². The van der Waals surface area contributed by atoms with E-state index in [9.17, 15) is 9.18 Å². The first-order valence-electron chi connectivity index (χ1n) is 7.13. The molecule has 112 valence electrons. The lowest BCUT2D eigenvalue weighted by molar-refractivity contribution is -0.122. The van der Waals surface area contributed by atoms with Crippen LogP contribution in [-0.4, -0.2) is 11.4 Å². The average molecular weight is 279 g/mol. The van der Waals surface area contributed by atoms with E-state index in [1.165, 1.54) is 6.07 Å². The summed E-state index contributed by atoms with van der Waals surface area (Å²) in [6.07, 6.45) is 1.64. The van der Waals surface area contributed by atoms with E-state index >= 15 is 0 Å². The Morgan fingerprint density at radius 3 is 2.30 bits per heavy atom. The third kappa shape index (κ3) is 6.18. The lowest BCUT2D eigenvalue weighted by Gasteiger charge is -2.33. The third-order valence-corrected chi connectivity index (χ3v) is 3.03. The van der Waals surface area contributed by atoms with Gasteiger partial charge in [0.15, 0.2) is 0 Å². The van der Waals surface area contributed by atoms with Gasteiger partial charge in [0.1, 0.15) is 5.82 Å². The van der Waals surface area contributed by atoms with Crippen molar-refractivity contribution in [2.75, 3.05) is 0 Å². The number of rotatable bonds is 5. The Labute approximate surface area is 121 Å². The summed E-state index contributed by atoms with van der Waals surface area (Å²) in [5.41, 5.74) is 0.503. The largest absolute Gasteiger partial charge is 0.351 e. The molecule has 1 aromatic carbocycles. The molecule has 0 saturated heterocycles. The molecule has 2 nitrogen and oxygen atoms in total. The summed E-state index contributed by atoms with van der Waals surface area (Å²) in [6, 6.07) is 6.60. The Balaban J connectivity index is 2.50. The van der Waals surface area contributed by atoms with E-state index in [0.29, 0.717) is 18.4 Å². The van der Waals surface area contributed by atoms with Gasteiger partial charge in [-0.3, -0.25) is 4.79 Å². The molecule has 0 unspecified atom stereocenters. The fourth-order valence-electron chi connectivity index (χ4n) is 2.76. The van der Waals surface area contributed by atoms with Crippen LogP contribution in [0.4, 0.5) is 4.39 Å². The summed E-state index contributed by atoms with van der Waals surface area (Å²) in [4.78, 5) is 12.0. The lowest BCUT2D eigenvalue weighted by atomic mass is 9.81. The van der Waals surface area contributed by atoms with Crippen LogP contribution in [0.5, 0.6) is 0 Å². The summed E-state index contributed by atoms with van der Waals surface area (Å²) in [7, 11) is 0. The summed E-state index contributed by atoms with van der Waals surface area (Å²) in [6.45, 7) is 10.5. The predicted octanol–water partition coefficient (Wildman–Crippen LogP) is 4.09. The Morgan fingerprint density at radius 1 is 1.15 bits per heavy atom. The van der Waals surface area contributed by atoms with Gasteiger partial charge in [0, 0.05) is 12.0 Å². The number of hydrogen-bond acceptors (Lipinski definition) is 1. The molecule has 1 rings (SSSR count). The van der Waals surface area contributed by atoms with E-state index < -0.39 is 0 Å². The Kier molecular flexibility index (Phi) is 5.32. The van der Waals surface area contributed by atoms with E-state index in [2.05, 4.69) is 26.1 Å². The number of halogens is 1. The molecule has 1 aromatic rings. The normalized spacial score (nSPS) is 12.3. The predicted molar refractivity (Wildman–Crippen MR) is 81.0 cm³/mol. The van der Waals surface area contributed by atoms with Crippen molar-refractivity contribution >= 4 is 5.91 Å². The molecule has 0 aromatic heterocycles. The molecule has 0 radical (unpaired) electrons. The molecule has 1 N–H and O–H groups in total. The first kappa shape index (κ1) is 16.7. The SMILES string of the molecule is CC(C)(C)CC(C)(C)NC(=O)CCc1ccccc1F. The monoisotopic (exact) mass is 279 g/mol. The maximum absolute atomic E-state index is 13.5. The minimum Gasteiger partial charge on any atom is -0.351 e. The highest BCUT2D eigenvalue weighted by Gasteiger charge is 2.26. The fraction of sp³-hybridized carbons (Fsp3) is 0.588. The molecular weight excluding hydrogens is 253 g/mol. The Bertz CT molecular complexity index is 460. The molecule has 0 bridgehead atoms. The van der Waals surface area contributed by atoms with Gasteiger partial charge >= 0.3 is 0 Å². The van der Waals surface area contributed by atoms with Crippen LogP contribution in [0.25, 0.3) is 0 Å². The van der Waals surface area contributed by atoms with Crippen molar-refractivity contribution in [1.82, 2.24) is 5.32 Å².